The van der Waals surface area contributed by atoms with Crippen molar-refractivity contribution in [2.75, 3.05) is 6.54 Å². The summed E-state index contributed by atoms with van der Waals surface area (Å²) in [7, 11) is 0. The third kappa shape index (κ3) is 7.60. The molecule has 1 aliphatic rings. The van der Waals surface area contributed by atoms with Crippen LogP contribution in [-0.4, -0.2) is 47.2 Å². The number of nitriles is 1. The number of aliphatic imine (C=N–C) groups is 2. The van der Waals surface area contributed by atoms with Crippen molar-refractivity contribution in [1.82, 2.24) is 10.3 Å². The van der Waals surface area contributed by atoms with Gasteiger partial charge in [-0.2, -0.15) is 22.8 Å². The predicted octanol–water partition coefficient (Wildman–Crippen LogP) is 2.13. The maximum atomic E-state index is 13.2. The summed E-state index contributed by atoms with van der Waals surface area (Å²) in [6.45, 7) is -1.08. The van der Waals surface area contributed by atoms with E-state index in [9.17, 15) is 27.6 Å². The predicted molar refractivity (Wildman–Crippen MR) is 106 cm³/mol. The molecule has 1 unspecified atom stereocenters. The van der Waals surface area contributed by atoms with Crippen molar-refractivity contribution in [3.8, 4) is 6.07 Å². The van der Waals surface area contributed by atoms with E-state index in [2.05, 4.69) is 20.3 Å². The number of amidine groups is 1. The molecule has 0 spiro atoms. The Hall–Kier alpha value is -3.07. The van der Waals surface area contributed by atoms with Crippen LogP contribution in [0.15, 0.2) is 28.3 Å². The van der Waals surface area contributed by atoms with Crippen LogP contribution in [0.2, 0.25) is 0 Å². The number of nitrogens with one attached hydrogen (secondary N) is 1. The van der Waals surface area contributed by atoms with Gasteiger partial charge in [-0.15, -0.1) is 0 Å². The number of aromatic nitrogens is 1. The van der Waals surface area contributed by atoms with Crippen LogP contribution in [-0.2, 0) is 4.79 Å². The number of hydrogen-bond acceptors (Lipinski definition) is 6. The smallest absolute Gasteiger partial charge is 0.386 e. The molecule has 1 fully saturated rings. The number of nitrogens with zero attached hydrogens (tertiary/aromatic N) is 4. The van der Waals surface area contributed by atoms with Crippen LogP contribution in [0.25, 0.3) is 0 Å². The summed E-state index contributed by atoms with van der Waals surface area (Å²) >= 11 is 0. The lowest BCUT2D eigenvalue weighted by atomic mass is 9.78. The molecule has 1 amide bonds. The van der Waals surface area contributed by atoms with Crippen molar-refractivity contribution in [1.29, 1.82) is 5.26 Å². The maximum Gasteiger partial charge on any atom is 0.401 e. The molecule has 1 heterocycles. The van der Waals surface area contributed by atoms with Gasteiger partial charge in [0.25, 0.3) is 0 Å². The first-order chi connectivity index (χ1) is 14.5. The standard InChI is InChI=1S/C19H23F4N7O/c20-15-9-13(3-8-27-15)30-16(25)14(17(26)31)10-29-18(6-7-24)4-1-12(2-5-18)28-11-19(21,22)23/h3,8-10,12,14,28H,1-2,4-6,11H2,(H2,26,31)(H2,25,27,30). The number of primary amides is 1. The SMILES string of the molecule is N#CCC1(N=CC(C(N)=O)C(N)=Nc2ccnc(F)c2)CCC(NCC(F)(F)F)CC1. The lowest BCUT2D eigenvalue weighted by molar-refractivity contribution is -0.126. The Kier molecular flexibility index (Phi) is 8.04. The van der Waals surface area contributed by atoms with E-state index in [0.29, 0.717) is 25.7 Å². The zero-order valence-corrected chi connectivity index (χ0v) is 16.6. The molecule has 1 atom stereocenters. The van der Waals surface area contributed by atoms with Crippen LogP contribution < -0.4 is 16.8 Å². The third-order valence-electron chi connectivity index (χ3n) is 5.01. The molecule has 5 N–H and O–H groups in total. The van der Waals surface area contributed by atoms with Gasteiger partial charge in [-0.05, 0) is 31.7 Å². The van der Waals surface area contributed by atoms with Gasteiger partial charge < -0.3 is 16.8 Å². The fraction of sp³-hybridized carbons (Fsp3) is 0.526. The monoisotopic (exact) mass is 441 g/mol. The quantitative estimate of drug-likeness (QED) is 0.245. The van der Waals surface area contributed by atoms with E-state index >= 15 is 0 Å². The Bertz CT molecular complexity index is 871. The zero-order valence-electron chi connectivity index (χ0n) is 16.6. The second-order valence-corrected chi connectivity index (χ2v) is 7.36. The van der Waals surface area contributed by atoms with Gasteiger partial charge in [0.05, 0.1) is 30.3 Å². The summed E-state index contributed by atoms with van der Waals surface area (Å²) in [5.74, 6) is -3.03. The van der Waals surface area contributed by atoms with Crippen LogP contribution in [0.4, 0.5) is 23.2 Å². The van der Waals surface area contributed by atoms with Gasteiger partial charge in [0, 0.05) is 24.5 Å². The van der Waals surface area contributed by atoms with Crippen molar-refractivity contribution >= 4 is 23.6 Å². The van der Waals surface area contributed by atoms with Gasteiger partial charge in [-0.3, -0.25) is 9.79 Å². The first-order valence-corrected chi connectivity index (χ1v) is 9.51. The van der Waals surface area contributed by atoms with Gasteiger partial charge in [0.15, 0.2) is 0 Å². The number of carbonyl (C=O) groups excluding carboxylic acids is 1. The minimum atomic E-state index is -4.30. The molecule has 1 aromatic heterocycles. The number of alkyl halides is 3. The van der Waals surface area contributed by atoms with E-state index in [1.165, 1.54) is 18.5 Å². The summed E-state index contributed by atoms with van der Waals surface area (Å²) in [4.78, 5) is 23.6. The van der Waals surface area contributed by atoms with Crippen LogP contribution in [0, 0.1) is 23.2 Å². The van der Waals surface area contributed by atoms with E-state index in [4.69, 9.17) is 11.5 Å². The van der Waals surface area contributed by atoms with Crippen molar-refractivity contribution in [2.45, 2.75) is 49.9 Å². The Morgan fingerprint density at radius 2 is 2.10 bits per heavy atom. The van der Waals surface area contributed by atoms with Gasteiger partial charge in [-0.25, -0.2) is 9.98 Å². The number of halogens is 4. The van der Waals surface area contributed by atoms with E-state index in [1.807, 2.05) is 6.07 Å². The number of hydrogen-bond donors (Lipinski definition) is 3. The average molecular weight is 441 g/mol. The molecule has 1 aliphatic carbocycles. The molecule has 1 saturated carbocycles. The van der Waals surface area contributed by atoms with E-state index in [-0.39, 0.29) is 24.0 Å². The first-order valence-electron chi connectivity index (χ1n) is 9.51. The number of amides is 1. The average Bonchev–Trinajstić information content (AvgIpc) is 2.67. The summed E-state index contributed by atoms with van der Waals surface area (Å²) in [5.41, 5.74) is 10.5. The molecule has 31 heavy (non-hydrogen) atoms. The molecule has 0 aromatic carbocycles. The molecule has 0 saturated heterocycles. The highest BCUT2D eigenvalue weighted by molar-refractivity contribution is 6.14. The highest BCUT2D eigenvalue weighted by Gasteiger charge is 2.36. The van der Waals surface area contributed by atoms with Crippen molar-refractivity contribution < 1.29 is 22.4 Å². The zero-order chi connectivity index (χ0) is 23.1. The summed E-state index contributed by atoms with van der Waals surface area (Å²) < 4.78 is 50.4. The Labute approximate surface area is 176 Å². The first kappa shape index (κ1) is 24.2. The summed E-state index contributed by atoms with van der Waals surface area (Å²) in [5, 5.41) is 11.7. The molecule has 0 aliphatic heterocycles. The van der Waals surface area contributed by atoms with E-state index in [0.717, 1.165) is 6.07 Å². The summed E-state index contributed by atoms with van der Waals surface area (Å²) in [6, 6.07) is 4.10. The maximum absolute atomic E-state index is 13.2. The molecular weight excluding hydrogens is 418 g/mol. The minimum absolute atomic E-state index is 0.0214. The Morgan fingerprint density at radius 1 is 1.42 bits per heavy atom. The third-order valence-corrected chi connectivity index (χ3v) is 5.01. The van der Waals surface area contributed by atoms with Gasteiger partial charge >= 0.3 is 6.18 Å². The second kappa shape index (κ2) is 10.3. The van der Waals surface area contributed by atoms with Crippen molar-refractivity contribution in [3.63, 3.8) is 0 Å². The molecule has 0 radical (unpaired) electrons. The Morgan fingerprint density at radius 3 is 2.65 bits per heavy atom. The molecule has 168 valence electrons. The molecular formula is C19H23F4N7O. The van der Waals surface area contributed by atoms with Crippen LogP contribution in [0.3, 0.4) is 0 Å². The minimum Gasteiger partial charge on any atom is -0.386 e. The van der Waals surface area contributed by atoms with E-state index in [1.54, 1.807) is 0 Å². The second-order valence-electron chi connectivity index (χ2n) is 7.36. The molecule has 1 aromatic rings. The highest BCUT2D eigenvalue weighted by atomic mass is 19.4. The van der Waals surface area contributed by atoms with Crippen molar-refractivity contribution in [3.05, 3.63) is 24.3 Å². The number of pyridine rings is 1. The molecule has 12 heteroatoms. The van der Waals surface area contributed by atoms with Crippen molar-refractivity contribution in [2.24, 2.45) is 27.4 Å². The van der Waals surface area contributed by atoms with Crippen LogP contribution in [0.1, 0.15) is 32.1 Å². The molecule has 2 rings (SSSR count). The topological polar surface area (TPSA) is 143 Å². The number of rotatable bonds is 8. The fourth-order valence-corrected chi connectivity index (χ4v) is 3.33. The molecule has 8 nitrogen and oxygen atoms in total. The highest BCUT2D eigenvalue weighted by Crippen LogP contribution is 2.35. The van der Waals surface area contributed by atoms with Crippen LogP contribution >= 0.6 is 0 Å². The largest absolute Gasteiger partial charge is 0.401 e. The van der Waals surface area contributed by atoms with Crippen LogP contribution in [0.5, 0.6) is 0 Å². The van der Waals surface area contributed by atoms with Gasteiger partial charge in [-0.1, -0.05) is 0 Å². The fourth-order valence-electron chi connectivity index (χ4n) is 3.33. The Balaban J connectivity index is 2.13. The van der Waals surface area contributed by atoms with Gasteiger partial charge in [0.2, 0.25) is 11.9 Å². The lowest BCUT2D eigenvalue weighted by Gasteiger charge is -2.36. The summed E-state index contributed by atoms with van der Waals surface area (Å²) in [6.07, 6.45) is -0.417. The lowest BCUT2D eigenvalue weighted by Crippen LogP contribution is -2.44. The van der Waals surface area contributed by atoms with Gasteiger partial charge in [0.1, 0.15) is 11.8 Å². The molecule has 0 bridgehead atoms. The number of carbonyl (C=O) groups is 1. The number of nitrogens with two attached hydrogens (primary N) is 2. The van der Waals surface area contributed by atoms with E-state index < -0.39 is 36.0 Å². The normalized spacial score (nSPS) is 23.5.